The molecule has 0 aliphatic carbocycles. The molecule has 0 aromatic heterocycles. The summed E-state index contributed by atoms with van der Waals surface area (Å²) < 4.78 is 13.0. The number of nitrogens with two attached hydrogens (primary N) is 2. The Balaban J connectivity index is 2.75. The van der Waals surface area contributed by atoms with Gasteiger partial charge in [-0.2, -0.15) is 0 Å². The monoisotopic (exact) mass is 262 g/mol. The molecule has 0 radical (unpaired) electrons. The van der Waals surface area contributed by atoms with Gasteiger partial charge in [-0.15, -0.1) is 0 Å². The van der Waals surface area contributed by atoms with E-state index in [2.05, 4.69) is 10.3 Å². The van der Waals surface area contributed by atoms with Crippen molar-refractivity contribution in [3.63, 3.8) is 0 Å². The Bertz CT molecular complexity index is 550. The Morgan fingerprint density at radius 3 is 2.79 bits per heavy atom. The molecular formula is C13H15FN4O. The third-order valence-electron chi connectivity index (χ3n) is 2.17. The molecule has 0 fully saturated rings. The third kappa shape index (κ3) is 4.63. The molecule has 5 nitrogen and oxygen atoms in total. The zero-order chi connectivity index (χ0) is 14.3. The molecule has 0 atom stereocenters. The molecule has 0 saturated heterocycles. The highest BCUT2D eigenvalue weighted by Gasteiger charge is 2.03. The summed E-state index contributed by atoms with van der Waals surface area (Å²) in [7, 11) is 1.59. The molecule has 0 aliphatic rings. The highest BCUT2D eigenvalue weighted by Crippen LogP contribution is 2.19. The van der Waals surface area contributed by atoms with Crippen LogP contribution >= 0.6 is 0 Å². The smallest absolute Gasteiger partial charge is 0.248 e. The third-order valence-corrected chi connectivity index (χ3v) is 2.17. The summed E-state index contributed by atoms with van der Waals surface area (Å²) in [5, 5.41) is 2.47. The summed E-state index contributed by atoms with van der Waals surface area (Å²) in [6, 6.07) is 3.74. The first-order valence-electron chi connectivity index (χ1n) is 5.45. The van der Waals surface area contributed by atoms with Gasteiger partial charge in [-0.3, -0.25) is 9.79 Å². The number of nitrogens with zero attached hydrogens (tertiary/aromatic N) is 1. The molecule has 5 N–H and O–H groups in total. The van der Waals surface area contributed by atoms with Crippen LogP contribution in [0.15, 0.2) is 47.1 Å². The lowest BCUT2D eigenvalue weighted by Gasteiger charge is -2.05. The maximum atomic E-state index is 13.0. The first-order chi connectivity index (χ1) is 9.06. The zero-order valence-corrected chi connectivity index (χ0v) is 10.4. The van der Waals surface area contributed by atoms with Crippen LogP contribution in [0.25, 0.3) is 0 Å². The van der Waals surface area contributed by atoms with Crippen LogP contribution in [-0.2, 0) is 4.79 Å². The second kappa shape index (κ2) is 6.95. The van der Waals surface area contributed by atoms with Crippen LogP contribution in [0.3, 0.4) is 0 Å². The summed E-state index contributed by atoms with van der Waals surface area (Å²) in [6.07, 6.45) is 5.55. The minimum Gasteiger partial charge on any atom is -0.404 e. The van der Waals surface area contributed by atoms with Crippen molar-refractivity contribution in [1.29, 1.82) is 0 Å². The predicted octanol–water partition coefficient (Wildman–Crippen LogP) is 1.45. The summed E-state index contributed by atoms with van der Waals surface area (Å²) in [4.78, 5) is 15.4. The lowest BCUT2D eigenvalue weighted by Crippen LogP contribution is -2.10. The number of anilines is 2. The average molecular weight is 262 g/mol. The number of aliphatic imine (C=N–C) groups is 1. The van der Waals surface area contributed by atoms with E-state index in [-0.39, 0.29) is 11.4 Å². The normalized spacial score (nSPS) is 12.2. The molecule has 1 aromatic rings. The minimum atomic E-state index is -0.478. The van der Waals surface area contributed by atoms with E-state index in [1.807, 2.05) is 0 Å². The van der Waals surface area contributed by atoms with Gasteiger partial charge in [0.05, 0.1) is 11.4 Å². The van der Waals surface area contributed by atoms with E-state index >= 15 is 0 Å². The molecule has 100 valence electrons. The number of rotatable bonds is 4. The fourth-order valence-corrected chi connectivity index (χ4v) is 1.27. The van der Waals surface area contributed by atoms with Crippen molar-refractivity contribution >= 4 is 23.5 Å². The number of allylic oxidation sites excluding steroid dienone is 2. The second-order valence-electron chi connectivity index (χ2n) is 3.61. The average Bonchev–Trinajstić information content (AvgIpc) is 2.39. The predicted molar refractivity (Wildman–Crippen MR) is 75.3 cm³/mol. The minimum absolute atomic E-state index is 0.220. The van der Waals surface area contributed by atoms with Crippen LogP contribution < -0.4 is 16.8 Å². The quantitative estimate of drug-likeness (QED) is 0.332. The van der Waals surface area contributed by atoms with Gasteiger partial charge in [-0.25, -0.2) is 4.39 Å². The fourth-order valence-electron chi connectivity index (χ4n) is 1.27. The Hall–Kier alpha value is -2.63. The van der Waals surface area contributed by atoms with Crippen molar-refractivity contribution in [1.82, 2.24) is 0 Å². The van der Waals surface area contributed by atoms with Crippen molar-refractivity contribution in [2.24, 2.45) is 10.7 Å². The van der Waals surface area contributed by atoms with E-state index in [1.165, 1.54) is 36.7 Å². The second-order valence-corrected chi connectivity index (χ2v) is 3.61. The lowest BCUT2D eigenvalue weighted by molar-refractivity contribution is -0.111. The fraction of sp³-hybridized carbons (Fsp3) is 0.0769. The van der Waals surface area contributed by atoms with Gasteiger partial charge in [0.15, 0.2) is 0 Å². The molecule has 6 heteroatoms. The van der Waals surface area contributed by atoms with Gasteiger partial charge in [-0.1, -0.05) is 0 Å². The number of amides is 1. The summed E-state index contributed by atoms with van der Waals surface area (Å²) in [6.45, 7) is 0. The topological polar surface area (TPSA) is 93.5 Å². The number of halogens is 1. The maximum Gasteiger partial charge on any atom is 0.248 e. The van der Waals surface area contributed by atoms with Crippen molar-refractivity contribution in [2.75, 3.05) is 18.1 Å². The molecule has 0 aliphatic heterocycles. The molecular weight excluding hydrogens is 247 g/mol. The maximum absolute atomic E-state index is 13.0. The van der Waals surface area contributed by atoms with E-state index in [0.717, 1.165) is 6.07 Å². The first kappa shape index (κ1) is 14.4. The van der Waals surface area contributed by atoms with Gasteiger partial charge in [0.1, 0.15) is 5.82 Å². The first-order valence-corrected chi connectivity index (χ1v) is 5.45. The highest BCUT2D eigenvalue weighted by molar-refractivity contribution is 6.02. The number of hydrogen-bond acceptors (Lipinski definition) is 4. The van der Waals surface area contributed by atoms with Crippen molar-refractivity contribution in [3.05, 3.63) is 47.9 Å². The van der Waals surface area contributed by atoms with Gasteiger partial charge in [-0.05, 0) is 24.3 Å². The van der Waals surface area contributed by atoms with Gasteiger partial charge in [0.2, 0.25) is 5.91 Å². The van der Waals surface area contributed by atoms with Crippen molar-refractivity contribution in [2.45, 2.75) is 0 Å². The van der Waals surface area contributed by atoms with E-state index in [1.54, 1.807) is 7.05 Å². The van der Waals surface area contributed by atoms with Crippen molar-refractivity contribution < 1.29 is 9.18 Å². The standard InChI is InChI=1S/C13H15FN4O/c1-17-8-9(7-15)2-5-13(19)18-12-6-10(14)3-4-11(12)16/h2-8H,15-16H2,1H3,(H,18,19)/b5-2+,9-7?,17-8?. The molecule has 19 heavy (non-hydrogen) atoms. The van der Waals surface area contributed by atoms with E-state index in [9.17, 15) is 9.18 Å². The molecule has 0 bridgehead atoms. The highest BCUT2D eigenvalue weighted by atomic mass is 19.1. The van der Waals surface area contributed by atoms with Crippen LogP contribution in [0.2, 0.25) is 0 Å². The number of nitrogen functional groups attached to an aromatic ring is 1. The van der Waals surface area contributed by atoms with Gasteiger partial charge in [0, 0.05) is 31.1 Å². The van der Waals surface area contributed by atoms with Crippen molar-refractivity contribution in [3.8, 4) is 0 Å². The van der Waals surface area contributed by atoms with E-state index in [0.29, 0.717) is 5.57 Å². The Labute approximate surface area is 110 Å². The SMILES string of the molecule is CN=CC(=CN)/C=C/C(=O)Nc1cc(F)ccc1N. The van der Waals surface area contributed by atoms with Crippen LogP contribution in [0.5, 0.6) is 0 Å². The molecule has 0 saturated carbocycles. The molecule has 0 heterocycles. The van der Waals surface area contributed by atoms with Crippen LogP contribution in [0, 0.1) is 5.82 Å². The number of benzene rings is 1. The van der Waals surface area contributed by atoms with Crippen LogP contribution in [-0.4, -0.2) is 19.2 Å². The molecule has 1 aromatic carbocycles. The lowest BCUT2D eigenvalue weighted by atomic mass is 10.2. The summed E-state index contributed by atoms with van der Waals surface area (Å²) in [5.74, 6) is -0.921. The summed E-state index contributed by atoms with van der Waals surface area (Å²) in [5.41, 5.74) is 12.0. The number of hydrogen-bond donors (Lipinski definition) is 3. The summed E-state index contributed by atoms with van der Waals surface area (Å²) >= 11 is 0. The van der Waals surface area contributed by atoms with Gasteiger partial charge >= 0.3 is 0 Å². The molecule has 1 rings (SSSR count). The zero-order valence-electron chi connectivity index (χ0n) is 10.4. The van der Waals surface area contributed by atoms with Gasteiger partial charge in [0.25, 0.3) is 0 Å². The molecule has 0 unspecified atom stereocenters. The Morgan fingerprint density at radius 1 is 1.42 bits per heavy atom. The number of carbonyl (C=O) groups is 1. The number of nitrogens with one attached hydrogen (secondary N) is 1. The number of carbonyl (C=O) groups excluding carboxylic acids is 1. The van der Waals surface area contributed by atoms with Crippen LogP contribution in [0.4, 0.5) is 15.8 Å². The van der Waals surface area contributed by atoms with E-state index in [4.69, 9.17) is 11.5 Å². The Morgan fingerprint density at radius 2 is 2.16 bits per heavy atom. The van der Waals surface area contributed by atoms with Crippen LogP contribution in [0.1, 0.15) is 0 Å². The molecule has 1 amide bonds. The largest absolute Gasteiger partial charge is 0.404 e. The Kier molecular flexibility index (Phi) is 5.28. The van der Waals surface area contributed by atoms with E-state index < -0.39 is 11.7 Å². The van der Waals surface area contributed by atoms with Gasteiger partial charge < -0.3 is 16.8 Å². The molecule has 0 spiro atoms.